The summed E-state index contributed by atoms with van der Waals surface area (Å²) in [6.07, 6.45) is 0.635. The molecule has 0 aliphatic rings. The zero-order chi connectivity index (χ0) is 9.84. The largest absolute Gasteiger partial charge is 0.292 e. The highest BCUT2D eigenvalue weighted by atomic mass is 79.9. The standard InChI is InChI=1S/C8H7BrCl2OS/c9-5(3-4-10)8(12)6-1-2-7(11)13-6/h1-2,5H,3-4H2. The molecule has 0 bridgehead atoms. The first-order chi connectivity index (χ1) is 6.15. The van der Waals surface area contributed by atoms with E-state index in [-0.39, 0.29) is 10.6 Å². The second-order valence-corrected chi connectivity index (χ2v) is 5.61. The Balaban J connectivity index is 2.67. The Morgan fingerprint density at radius 2 is 2.31 bits per heavy atom. The van der Waals surface area contributed by atoms with Crippen molar-refractivity contribution in [1.29, 1.82) is 0 Å². The van der Waals surface area contributed by atoms with Gasteiger partial charge in [0.05, 0.1) is 14.0 Å². The van der Waals surface area contributed by atoms with Gasteiger partial charge in [0, 0.05) is 5.88 Å². The minimum atomic E-state index is -0.195. The van der Waals surface area contributed by atoms with Crippen LogP contribution in [-0.4, -0.2) is 16.5 Å². The van der Waals surface area contributed by atoms with E-state index in [1.54, 1.807) is 12.1 Å². The smallest absolute Gasteiger partial charge is 0.186 e. The molecule has 1 nitrogen and oxygen atoms in total. The number of alkyl halides is 2. The van der Waals surface area contributed by atoms with Gasteiger partial charge in [0.1, 0.15) is 0 Å². The number of hydrogen-bond acceptors (Lipinski definition) is 2. The van der Waals surface area contributed by atoms with Gasteiger partial charge < -0.3 is 0 Å². The first-order valence-electron chi connectivity index (χ1n) is 3.64. The van der Waals surface area contributed by atoms with Gasteiger partial charge in [-0.1, -0.05) is 27.5 Å². The van der Waals surface area contributed by atoms with Crippen molar-refractivity contribution in [2.75, 3.05) is 5.88 Å². The molecule has 0 radical (unpaired) electrons. The summed E-state index contributed by atoms with van der Waals surface area (Å²) in [5.74, 6) is 0.526. The molecule has 0 spiro atoms. The second kappa shape index (κ2) is 5.35. The van der Waals surface area contributed by atoms with Crippen molar-refractivity contribution in [3.05, 3.63) is 21.3 Å². The normalized spacial score (nSPS) is 12.8. The molecular formula is C8H7BrCl2OS. The number of carbonyl (C=O) groups is 1. The summed E-state index contributed by atoms with van der Waals surface area (Å²) in [4.78, 5) is 12.1. The van der Waals surface area contributed by atoms with Crippen LogP contribution in [0.4, 0.5) is 0 Å². The van der Waals surface area contributed by atoms with Crippen LogP contribution in [0.1, 0.15) is 16.1 Å². The van der Waals surface area contributed by atoms with Crippen molar-refractivity contribution in [1.82, 2.24) is 0 Å². The Labute approximate surface area is 99.2 Å². The number of halogens is 3. The van der Waals surface area contributed by atoms with E-state index in [0.717, 1.165) is 0 Å². The summed E-state index contributed by atoms with van der Waals surface area (Å²) in [6.45, 7) is 0. The van der Waals surface area contributed by atoms with Gasteiger partial charge in [-0.05, 0) is 18.6 Å². The number of carbonyl (C=O) groups excluding carboxylic acids is 1. The van der Waals surface area contributed by atoms with Gasteiger partial charge in [-0.15, -0.1) is 22.9 Å². The Kier molecular flexibility index (Phi) is 4.73. The fourth-order valence-electron chi connectivity index (χ4n) is 0.828. The lowest BCUT2D eigenvalue weighted by Crippen LogP contribution is -2.13. The zero-order valence-corrected chi connectivity index (χ0v) is 10.5. The minimum Gasteiger partial charge on any atom is -0.292 e. The lowest BCUT2D eigenvalue weighted by molar-refractivity contribution is 0.0994. The molecule has 1 rings (SSSR count). The molecule has 0 fully saturated rings. The molecule has 13 heavy (non-hydrogen) atoms. The van der Waals surface area contributed by atoms with E-state index in [2.05, 4.69) is 15.9 Å². The van der Waals surface area contributed by atoms with Crippen molar-refractivity contribution in [2.45, 2.75) is 11.2 Å². The topological polar surface area (TPSA) is 17.1 Å². The highest BCUT2D eigenvalue weighted by Crippen LogP contribution is 2.25. The molecule has 0 N–H and O–H groups in total. The molecule has 1 atom stereocenters. The monoisotopic (exact) mass is 300 g/mol. The van der Waals surface area contributed by atoms with Gasteiger partial charge >= 0.3 is 0 Å². The molecular weight excluding hydrogens is 295 g/mol. The quantitative estimate of drug-likeness (QED) is 0.607. The fourth-order valence-corrected chi connectivity index (χ4v) is 2.97. The third-order valence-corrected chi connectivity index (χ3v) is 3.80. The lowest BCUT2D eigenvalue weighted by Gasteiger charge is -2.03. The first kappa shape index (κ1) is 11.5. The van der Waals surface area contributed by atoms with Gasteiger partial charge in [-0.2, -0.15) is 0 Å². The predicted octanol–water partition coefficient (Wildman–Crippen LogP) is 3.98. The SMILES string of the molecule is O=C(c1ccc(Cl)s1)C(Br)CCCl. The number of ketones is 1. The second-order valence-electron chi connectivity index (χ2n) is 2.41. The summed E-state index contributed by atoms with van der Waals surface area (Å²) in [5.41, 5.74) is 0. The van der Waals surface area contributed by atoms with Crippen molar-refractivity contribution in [3.8, 4) is 0 Å². The molecule has 1 aromatic heterocycles. The Morgan fingerprint density at radius 1 is 1.62 bits per heavy atom. The number of hydrogen-bond donors (Lipinski definition) is 0. The average molecular weight is 302 g/mol. The van der Waals surface area contributed by atoms with E-state index >= 15 is 0 Å². The average Bonchev–Trinajstić information content (AvgIpc) is 2.51. The molecule has 72 valence electrons. The fraction of sp³-hybridized carbons (Fsp3) is 0.375. The van der Waals surface area contributed by atoms with Gasteiger partial charge in [0.2, 0.25) is 0 Å². The van der Waals surface area contributed by atoms with Crippen LogP contribution in [-0.2, 0) is 0 Å². The molecule has 1 aromatic rings. The van der Waals surface area contributed by atoms with Crippen LogP contribution in [0.3, 0.4) is 0 Å². The van der Waals surface area contributed by atoms with Crippen LogP contribution in [0.5, 0.6) is 0 Å². The summed E-state index contributed by atoms with van der Waals surface area (Å²) in [6, 6.07) is 3.46. The molecule has 5 heteroatoms. The number of thiophene rings is 1. The molecule has 0 aliphatic carbocycles. The van der Waals surface area contributed by atoms with E-state index in [4.69, 9.17) is 23.2 Å². The van der Waals surface area contributed by atoms with E-state index < -0.39 is 0 Å². The molecule has 0 amide bonds. The maximum absolute atomic E-state index is 11.6. The van der Waals surface area contributed by atoms with Crippen LogP contribution in [0, 0.1) is 0 Å². The third kappa shape index (κ3) is 3.24. The van der Waals surface area contributed by atoms with Gasteiger partial charge in [-0.25, -0.2) is 0 Å². The molecule has 0 saturated carbocycles. The maximum atomic E-state index is 11.6. The van der Waals surface area contributed by atoms with Crippen LogP contribution in [0.25, 0.3) is 0 Å². The van der Waals surface area contributed by atoms with E-state index in [1.807, 2.05) is 0 Å². The molecule has 0 aromatic carbocycles. The van der Waals surface area contributed by atoms with Gasteiger partial charge in [0.15, 0.2) is 5.78 Å². The Hall–Kier alpha value is 0.430. The summed E-state index contributed by atoms with van der Waals surface area (Å²) in [5, 5.41) is 0. The third-order valence-electron chi connectivity index (χ3n) is 1.46. The molecule has 1 unspecified atom stereocenters. The number of rotatable bonds is 4. The molecule has 0 saturated heterocycles. The van der Waals surface area contributed by atoms with E-state index in [0.29, 0.717) is 21.5 Å². The summed E-state index contributed by atoms with van der Waals surface area (Å²) < 4.78 is 0.633. The van der Waals surface area contributed by atoms with Crippen molar-refractivity contribution < 1.29 is 4.79 Å². The highest BCUT2D eigenvalue weighted by Gasteiger charge is 2.17. The summed E-state index contributed by atoms with van der Waals surface area (Å²) >= 11 is 15.8. The van der Waals surface area contributed by atoms with Gasteiger partial charge in [0.25, 0.3) is 0 Å². The van der Waals surface area contributed by atoms with Gasteiger partial charge in [-0.3, -0.25) is 4.79 Å². The van der Waals surface area contributed by atoms with Crippen LogP contribution in [0.2, 0.25) is 4.34 Å². The van der Waals surface area contributed by atoms with Crippen molar-refractivity contribution >= 4 is 56.3 Å². The molecule has 0 aliphatic heterocycles. The minimum absolute atomic E-state index is 0.0533. The molecule has 1 heterocycles. The van der Waals surface area contributed by atoms with Crippen LogP contribution in [0.15, 0.2) is 12.1 Å². The van der Waals surface area contributed by atoms with Crippen LogP contribution >= 0.6 is 50.5 Å². The summed E-state index contributed by atoms with van der Waals surface area (Å²) in [7, 11) is 0. The zero-order valence-electron chi connectivity index (χ0n) is 6.60. The van der Waals surface area contributed by atoms with Crippen molar-refractivity contribution in [3.63, 3.8) is 0 Å². The number of Topliss-reactive ketones (excluding diaryl/α,β-unsaturated/α-hetero) is 1. The maximum Gasteiger partial charge on any atom is 0.186 e. The highest BCUT2D eigenvalue weighted by molar-refractivity contribution is 9.10. The van der Waals surface area contributed by atoms with Crippen LogP contribution < -0.4 is 0 Å². The van der Waals surface area contributed by atoms with E-state index in [1.165, 1.54) is 11.3 Å². The lowest BCUT2D eigenvalue weighted by atomic mass is 10.2. The van der Waals surface area contributed by atoms with Crippen molar-refractivity contribution in [2.24, 2.45) is 0 Å². The van der Waals surface area contributed by atoms with E-state index in [9.17, 15) is 4.79 Å². The Bertz CT molecular complexity index is 300. The first-order valence-corrected chi connectivity index (χ1v) is 6.29. The predicted molar refractivity (Wildman–Crippen MR) is 61.7 cm³/mol. The Morgan fingerprint density at radius 3 is 2.77 bits per heavy atom.